The van der Waals surface area contributed by atoms with Gasteiger partial charge < -0.3 is 10.0 Å². The fourth-order valence-corrected chi connectivity index (χ4v) is 6.71. The van der Waals surface area contributed by atoms with Crippen LogP contribution in [0.15, 0.2) is 40.8 Å². The molecule has 1 aromatic carbocycles. The molecule has 4 rings (SSSR count). The van der Waals surface area contributed by atoms with Crippen LogP contribution in [-0.4, -0.2) is 60.5 Å². The number of rotatable bonds is 5. The summed E-state index contributed by atoms with van der Waals surface area (Å²) in [5.74, 6) is -0.923. The van der Waals surface area contributed by atoms with Gasteiger partial charge in [0.15, 0.2) is 9.84 Å². The normalized spacial score (nSPS) is 15.7. The molecule has 13 heteroatoms. The molecule has 2 amide bonds. The van der Waals surface area contributed by atoms with E-state index in [0.29, 0.717) is 36.6 Å². The quantitative estimate of drug-likeness (QED) is 0.345. The summed E-state index contributed by atoms with van der Waals surface area (Å²) in [5, 5.41) is 17.3. The Labute approximate surface area is 219 Å². The van der Waals surface area contributed by atoms with Gasteiger partial charge in [0.05, 0.1) is 47.5 Å². The Hall–Kier alpha value is -2.44. The lowest BCUT2D eigenvalue weighted by Crippen LogP contribution is -2.43. The Morgan fingerprint density at radius 3 is 2.46 bits per heavy atom. The second-order valence-electron chi connectivity index (χ2n) is 7.70. The van der Waals surface area contributed by atoms with Crippen molar-refractivity contribution in [3.63, 3.8) is 0 Å². The predicted molar refractivity (Wildman–Crippen MR) is 140 cm³/mol. The minimum atomic E-state index is -3.10. The molecule has 0 radical (unpaired) electrons. The first-order chi connectivity index (χ1) is 16.6. The molecule has 0 spiro atoms. The number of sulfone groups is 1. The number of nitrogens with zero attached hydrogens (tertiary/aromatic N) is 2. The molecule has 8 nitrogen and oxygen atoms in total. The molecular weight excluding hydrogens is 553 g/mol. The van der Waals surface area contributed by atoms with Crippen molar-refractivity contribution in [3.8, 4) is 16.2 Å². The topological polar surface area (TPSA) is 116 Å². The Bertz CT molecular complexity index is 1430. The second kappa shape index (κ2) is 10.3. The van der Waals surface area contributed by atoms with Gasteiger partial charge in [-0.3, -0.25) is 9.59 Å². The summed E-state index contributed by atoms with van der Waals surface area (Å²) in [4.78, 5) is 27.9. The highest BCUT2D eigenvalue weighted by atomic mass is 35.5. The van der Waals surface area contributed by atoms with Crippen LogP contribution in [0, 0.1) is 0 Å². The lowest BCUT2D eigenvalue weighted by Gasteiger charge is -2.26. The highest BCUT2D eigenvalue weighted by Crippen LogP contribution is 2.40. The SMILES string of the molecule is CC(=NNC(=O)c1ccc(C(=O)N2CCS(=O)(=O)CC2)s1)c1csc(-c2ccc(Cl)c(Cl)c2)c1O. The van der Waals surface area contributed by atoms with E-state index in [1.807, 2.05) is 0 Å². The van der Waals surface area contributed by atoms with Crippen LogP contribution < -0.4 is 5.43 Å². The molecule has 2 aromatic heterocycles. The maximum absolute atomic E-state index is 12.6. The van der Waals surface area contributed by atoms with Gasteiger partial charge in [0.25, 0.3) is 11.8 Å². The van der Waals surface area contributed by atoms with Crippen molar-refractivity contribution in [3.05, 3.63) is 61.1 Å². The van der Waals surface area contributed by atoms with Crippen molar-refractivity contribution >= 4 is 73.2 Å². The highest BCUT2D eigenvalue weighted by molar-refractivity contribution is 7.91. The summed E-state index contributed by atoms with van der Waals surface area (Å²) >= 11 is 14.3. The van der Waals surface area contributed by atoms with Gasteiger partial charge in [-0.1, -0.05) is 29.3 Å². The number of aromatic hydroxyl groups is 1. The smallest absolute Gasteiger partial charge is 0.281 e. The molecule has 3 heterocycles. The van der Waals surface area contributed by atoms with E-state index in [1.165, 1.54) is 28.4 Å². The zero-order valence-electron chi connectivity index (χ0n) is 18.2. The monoisotopic (exact) mass is 571 g/mol. The molecule has 184 valence electrons. The molecule has 1 fully saturated rings. The predicted octanol–water partition coefficient (Wildman–Crippen LogP) is 4.51. The van der Waals surface area contributed by atoms with Gasteiger partial charge in [-0.05, 0) is 36.8 Å². The molecular formula is C22H19Cl2N3O5S3. The third-order valence-electron chi connectivity index (χ3n) is 5.33. The molecule has 0 unspecified atom stereocenters. The number of thiophene rings is 2. The van der Waals surface area contributed by atoms with Gasteiger partial charge in [0, 0.05) is 18.5 Å². The molecule has 0 saturated carbocycles. The summed E-state index contributed by atoms with van der Waals surface area (Å²) in [6.45, 7) is 1.92. The van der Waals surface area contributed by atoms with Gasteiger partial charge in [-0.2, -0.15) is 5.10 Å². The number of amides is 2. The van der Waals surface area contributed by atoms with Crippen molar-refractivity contribution < 1.29 is 23.1 Å². The van der Waals surface area contributed by atoms with E-state index in [1.54, 1.807) is 30.5 Å². The Balaban J connectivity index is 1.43. The highest BCUT2D eigenvalue weighted by Gasteiger charge is 2.27. The largest absolute Gasteiger partial charge is 0.506 e. The summed E-state index contributed by atoms with van der Waals surface area (Å²) in [5.41, 5.74) is 3.99. The molecule has 0 atom stereocenters. The van der Waals surface area contributed by atoms with Crippen molar-refractivity contribution in [2.45, 2.75) is 6.92 Å². The van der Waals surface area contributed by atoms with E-state index in [4.69, 9.17) is 23.2 Å². The van der Waals surface area contributed by atoms with Gasteiger partial charge >= 0.3 is 0 Å². The average Bonchev–Trinajstić information content (AvgIpc) is 3.46. The standard InChI is InChI=1S/C22H19Cl2N3O5S3/c1-12(14-11-33-20(19(14)28)13-2-3-15(23)16(24)10-13)25-26-21(29)17-4-5-18(34-17)22(30)27-6-8-35(31,32)9-7-27/h2-5,10-11,28H,6-9H2,1H3,(H,26,29). The van der Waals surface area contributed by atoms with Crippen LogP contribution in [0.3, 0.4) is 0 Å². The van der Waals surface area contributed by atoms with E-state index in [0.717, 1.165) is 11.3 Å². The molecule has 1 aliphatic rings. The number of hydrazone groups is 1. The third kappa shape index (κ3) is 5.70. The number of carbonyl (C=O) groups excluding carboxylic acids is 2. The minimum absolute atomic E-state index is 0.0106. The molecule has 1 saturated heterocycles. The van der Waals surface area contributed by atoms with E-state index in [9.17, 15) is 23.1 Å². The van der Waals surface area contributed by atoms with Gasteiger partial charge in [-0.15, -0.1) is 22.7 Å². The molecule has 35 heavy (non-hydrogen) atoms. The van der Waals surface area contributed by atoms with Gasteiger partial charge in [0.2, 0.25) is 0 Å². The fourth-order valence-electron chi connectivity index (χ4n) is 3.35. The molecule has 0 bridgehead atoms. The van der Waals surface area contributed by atoms with E-state index < -0.39 is 15.7 Å². The number of benzene rings is 1. The van der Waals surface area contributed by atoms with E-state index in [-0.39, 0.29) is 41.1 Å². The van der Waals surface area contributed by atoms with Crippen LogP contribution in [0.4, 0.5) is 0 Å². The summed E-state index contributed by atoms with van der Waals surface area (Å²) in [6, 6.07) is 8.10. The zero-order valence-corrected chi connectivity index (χ0v) is 22.2. The Morgan fingerprint density at radius 2 is 1.77 bits per heavy atom. The summed E-state index contributed by atoms with van der Waals surface area (Å²) in [6.07, 6.45) is 0. The summed E-state index contributed by atoms with van der Waals surface area (Å²) < 4.78 is 23.1. The third-order valence-corrected chi connectivity index (χ3v) is 9.77. The molecule has 2 N–H and O–H groups in total. The van der Waals surface area contributed by atoms with Crippen LogP contribution in [-0.2, 0) is 9.84 Å². The van der Waals surface area contributed by atoms with Crippen LogP contribution in [0.25, 0.3) is 10.4 Å². The van der Waals surface area contributed by atoms with E-state index >= 15 is 0 Å². The Kier molecular flexibility index (Phi) is 7.53. The average molecular weight is 573 g/mol. The van der Waals surface area contributed by atoms with Crippen molar-refractivity contribution in [2.24, 2.45) is 5.10 Å². The molecule has 0 aliphatic carbocycles. The number of carbonyl (C=O) groups is 2. The van der Waals surface area contributed by atoms with Gasteiger partial charge in [-0.25, -0.2) is 13.8 Å². The van der Waals surface area contributed by atoms with Crippen molar-refractivity contribution in [2.75, 3.05) is 24.6 Å². The first-order valence-corrected chi connectivity index (χ1v) is 14.5. The van der Waals surface area contributed by atoms with Crippen molar-refractivity contribution in [1.82, 2.24) is 10.3 Å². The number of nitrogens with one attached hydrogen (secondary N) is 1. The van der Waals surface area contributed by atoms with Gasteiger partial charge in [0.1, 0.15) is 5.75 Å². The number of hydrogen-bond acceptors (Lipinski definition) is 8. The Morgan fingerprint density at radius 1 is 1.09 bits per heavy atom. The molecule has 3 aromatic rings. The lowest BCUT2D eigenvalue weighted by atomic mass is 10.1. The van der Waals surface area contributed by atoms with Crippen molar-refractivity contribution in [1.29, 1.82) is 0 Å². The molecule has 1 aliphatic heterocycles. The van der Waals surface area contributed by atoms with Crippen LogP contribution >= 0.6 is 45.9 Å². The first kappa shape index (κ1) is 25.6. The summed E-state index contributed by atoms with van der Waals surface area (Å²) in [7, 11) is -3.10. The van der Waals surface area contributed by atoms with E-state index in [2.05, 4.69) is 10.5 Å². The first-order valence-electron chi connectivity index (χ1n) is 10.3. The zero-order chi connectivity index (χ0) is 25.3. The lowest BCUT2D eigenvalue weighted by molar-refractivity contribution is 0.0775. The maximum atomic E-state index is 12.6. The number of halogens is 2. The minimum Gasteiger partial charge on any atom is -0.506 e. The number of hydrogen-bond donors (Lipinski definition) is 2. The van der Waals surface area contributed by atoms with Crippen LogP contribution in [0.1, 0.15) is 31.8 Å². The van der Waals surface area contributed by atoms with Crippen LogP contribution in [0.5, 0.6) is 5.75 Å². The maximum Gasteiger partial charge on any atom is 0.281 e. The second-order valence-corrected chi connectivity index (χ2v) is 12.8. The van der Waals surface area contributed by atoms with Crippen LogP contribution in [0.2, 0.25) is 10.0 Å². The fraction of sp³-hybridized carbons (Fsp3) is 0.227.